The third kappa shape index (κ3) is 8.89. The van der Waals surface area contributed by atoms with Crippen molar-refractivity contribution in [3.63, 3.8) is 0 Å². The van der Waals surface area contributed by atoms with Crippen molar-refractivity contribution in [2.75, 3.05) is 52.2 Å². The van der Waals surface area contributed by atoms with Crippen LogP contribution in [0, 0.1) is 6.92 Å². The molecule has 1 saturated heterocycles. The SMILES string of the molecule is CCNC(=NCCS(=O)(=O)NCC1CCCCO1)N(C)CCOc1ccccc1C. The lowest BCUT2D eigenvalue weighted by Gasteiger charge is -2.23. The molecule has 30 heavy (non-hydrogen) atoms. The van der Waals surface area contributed by atoms with Crippen LogP contribution in [0.4, 0.5) is 0 Å². The van der Waals surface area contributed by atoms with Gasteiger partial charge < -0.3 is 19.7 Å². The van der Waals surface area contributed by atoms with E-state index in [1.165, 1.54) is 0 Å². The summed E-state index contributed by atoms with van der Waals surface area (Å²) in [6.07, 6.45) is 3.02. The maximum absolute atomic E-state index is 12.3. The van der Waals surface area contributed by atoms with Crippen LogP contribution in [0.2, 0.25) is 0 Å². The summed E-state index contributed by atoms with van der Waals surface area (Å²) >= 11 is 0. The summed E-state index contributed by atoms with van der Waals surface area (Å²) in [4.78, 5) is 6.40. The predicted molar refractivity (Wildman–Crippen MR) is 121 cm³/mol. The van der Waals surface area contributed by atoms with Crippen molar-refractivity contribution in [1.82, 2.24) is 14.9 Å². The Kier molecular flexibility index (Phi) is 10.4. The molecule has 9 heteroatoms. The van der Waals surface area contributed by atoms with Crippen molar-refractivity contribution in [2.45, 2.75) is 39.2 Å². The Hall–Kier alpha value is -1.84. The lowest BCUT2D eigenvalue weighted by molar-refractivity contribution is 0.0200. The topological polar surface area (TPSA) is 92.3 Å². The molecule has 1 aromatic rings. The minimum absolute atomic E-state index is 0.0197. The van der Waals surface area contributed by atoms with Crippen molar-refractivity contribution < 1.29 is 17.9 Å². The molecule has 0 bridgehead atoms. The Balaban J connectivity index is 1.78. The van der Waals surface area contributed by atoms with E-state index in [-0.39, 0.29) is 18.4 Å². The van der Waals surface area contributed by atoms with E-state index in [4.69, 9.17) is 9.47 Å². The van der Waals surface area contributed by atoms with Gasteiger partial charge >= 0.3 is 0 Å². The van der Waals surface area contributed by atoms with Crippen LogP contribution in [0.25, 0.3) is 0 Å². The minimum atomic E-state index is -3.38. The molecule has 0 amide bonds. The average molecular weight is 441 g/mol. The van der Waals surface area contributed by atoms with Gasteiger partial charge in [0.05, 0.1) is 24.9 Å². The number of benzene rings is 1. The molecule has 1 aliphatic heterocycles. The lowest BCUT2D eigenvalue weighted by atomic mass is 10.1. The molecular weight excluding hydrogens is 404 g/mol. The molecule has 170 valence electrons. The van der Waals surface area contributed by atoms with Crippen LogP contribution in [0.5, 0.6) is 5.75 Å². The number of nitrogens with one attached hydrogen (secondary N) is 2. The summed E-state index contributed by atoms with van der Waals surface area (Å²) in [5, 5.41) is 3.20. The summed E-state index contributed by atoms with van der Waals surface area (Å²) in [5.74, 6) is 1.48. The van der Waals surface area contributed by atoms with Gasteiger partial charge in [-0.25, -0.2) is 13.1 Å². The molecule has 0 aliphatic carbocycles. The molecule has 0 aromatic heterocycles. The zero-order valence-corrected chi connectivity index (χ0v) is 19.2. The highest BCUT2D eigenvalue weighted by molar-refractivity contribution is 7.89. The van der Waals surface area contributed by atoms with E-state index in [0.29, 0.717) is 38.8 Å². The van der Waals surface area contributed by atoms with Gasteiger partial charge in [0.25, 0.3) is 0 Å². The minimum Gasteiger partial charge on any atom is -0.491 e. The molecule has 8 nitrogen and oxygen atoms in total. The number of rotatable bonds is 11. The number of para-hydroxylation sites is 1. The van der Waals surface area contributed by atoms with E-state index in [1.54, 1.807) is 0 Å². The highest BCUT2D eigenvalue weighted by Crippen LogP contribution is 2.15. The number of nitrogens with zero attached hydrogens (tertiary/aromatic N) is 2. The van der Waals surface area contributed by atoms with Gasteiger partial charge in [0.15, 0.2) is 5.96 Å². The van der Waals surface area contributed by atoms with E-state index >= 15 is 0 Å². The number of guanidine groups is 1. The van der Waals surface area contributed by atoms with Crippen LogP contribution in [0.15, 0.2) is 29.3 Å². The molecule has 1 aliphatic rings. The third-order valence-electron chi connectivity index (χ3n) is 4.90. The van der Waals surface area contributed by atoms with Crippen molar-refractivity contribution in [3.05, 3.63) is 29.8 Å². The van der Waals surface area contributed by atoms with Crippen LogP contribution in [-0.2, 0) is 14.8 Å². The van der Waals surface area contributed by atoms with Crippen LogP contribution < -0.4 is 14.8 Å². The zero-order chi connectivity index (χ0) is 21.8. The van der Waals surface area contributed by atoms with E-state index in [9.17, 15) is 8.42 Å². The van der Waals surface area contributed by atoms with Crippen molar-refractivity contribution in [2.24, 2.45) is 4.99 Å². The third-order valence-corrected chi connectivity index (χ3v) is 6.23. The van der Waals surface area contributed by atoms with Crippen LogP contribution in [0.1, 0.15) is 31.7 Å². The van der Waals surface area contributed by atoms with Crippen molar-refractivity contribution >= 4 is 16.0 Å². The Morgan fingerprint density at radius 1 is 1.33 bits per heavy atom. The van der Waals surface area contributed by atoms with Crippen LogP contribution >= 0.6 is 0 Å². The first-order valence-corrected chi connectivity index (χ1v) is 12.3. The van der Waals surface area contributed by atoms with Gasteiger partial charge in [-0.2, -0.15) is 0 Å². The van der Waals surface area contributed by atoms with Gasteiger partial charge in [0.2, 0.25) is 10.0 Å². The first kappa shape index (κ1) is 24.4. The standard InChI is InChI=1S/C21H36N4O4S/c1-4-22-21(25(3)13-15-29-20-11-6-5-9-18(20)2)23-12-16-30(26,27)24-17-19-10-7-8-14-28-19/h5-6,9,11,19,24H,4,7-8,10,12-17H2,1-3H3,(H,22,23). The number of hydrogen-bond donors (Lipinski definition) is 2. The van der Waals surface area contributed by atoms with Gasteiger partial charge in [-0.3, -0.25) is 4.99 Å². The quantitative estimate of drug-likeness (QED) is 0.402. The Bertz CT molecular complexity index is 764. The van der Waals surface area contributed by atoms with E-state index in [2.05, 4.69) is 15.0 Å². The smallest absolute Gasteiger partial charge is 0.213 e. The highest BCUT2D eigenvalue weighted by atomic mass is 32.2. The first-order chi connectivity index (χ1) is 14.4. The molecule has 2 N–H and O–H groups in total. The van der Waals surface area contributed by atoms with Gasteiger partial charge in [0, 0.05) is 26.7 Å². The second-order valence-corrected chi connectivity index (χ2v) is 9.35. The number of likely N-dealkylation sites (N-methyl/N-ethyl adjacent to an activating group) is 1. The average Bonchev–Trinajstić information content (AvgIpc) is 2.74. The fourth-order valence-electron chi connectivity index (χ4n) is 3.12. The summed E-state index contributed by atoms with van der Waals surface area (Å²) in [7, 11) is -1.47. The molecule has 0 saturated carbocycles. The number of hydrogen-bond acceptors (Lipinski definition) is 5. The Morgan fingerprint density at radius 3 is 2.83 bits per heavy atom. The Morgan fingerprint density at radius 2 is 2.13 bits per heavy atom. The lowest BCUT2D eigenvalue weighted by Crippen LogP contribution is -2.41. The summed E-state index contributed by atoms with van der Waals surface area (Å²) in [6, 6.07) is 7.89. The molecule has 0 spiro atoms. The second kappa shape index (κ2) is 12.8. The molecule has 1 atom stereocenters. The number of aliphatic imine (C=N–C) groups is 1. The molecule has 1 aromatic carbocycles. The fraction of sp³-hybridized carbons (Fsp3) is 0.667. The van der Waals surface area contributed by atoms with E-state index in [0.717, 1.165) is 30.6 Å². The van der Waals surface area contributed by atoms with Crippen LogP contribution in [0.3, 0.4) is 0 Å². The zero-order valence-electron chi connectivity index (χ0n) is 18.4. The van der Waals surface area contributed by atoms with Crippen LogP contribution in [-0.4, -0.2) is 77.6 Å². The van der Waals surface area contributed by atoms with Crippen molar-refractivity contribution in [3.8, 4) is 5.75 Å². The Labute approximate surface area is 181 Å². The monoisotopic (exact) mass is 440 g/mol. The number of aryl methyl sites for hydroxylation is 1. The maximum atomic E-state index is 12.3. The van der Waals surface area contributed by atoms with Crippen molar-refractivity contribution in [1.29, 1.82) is 0 Å². The van der Waals surface area contributed by atoms with Gasteiger partial charge in [-0.05, 0) is 44.7 Å². The molecular formula is C21H36N4O4S. The number of ether oxygens (including phenoxy) is 2. The molecule has 1 fully saturated rings. The molecule has 2 rings (SSSR count). The fourth-order valence-corrected chi connectivity index (χ4v) is 4.03. The summed E-state index contributed by atoms with van der Waals surface area (Å²) in [5.41, 5.74) is 1.09. The second-order valence-electron chi connectivity index (χ2n) is 7.43. The predicted octanol–water partition coefficient (Wildman–Crippen LogP) is 1.76. The largest absolute Gasteiger partial charge is 0.491 e. The normalized spacial score (nSPS) is 17.6. The molecule has 0 radical (unpaired) electrons. The van der Waals surface area contributed by atoms with Gasteiger partial charge in [-0.1, -0.05) is 18.2 Å². The summed E-state index contributed by atoms with van der Waals surface area (Å²) in [6.45, 7) is 7.06. The molecule has 1 unspecified atom stereocenters. The summed E-state index contributed by atoms with van der Waals surface area (Å²) < 4.78 is 38.6. The first-order valence-electron chi connectivity index (χ1n) is 10.7. The van der Waals surface area contributed by atoms with E-state index in [1.807, 2.05) is 50.1 Å². The molecule has 1 heterocycles. The van der Waals surface area contributed by atoms with Gasteiger partial charge in [0.1, 0.15) is 12.4 Å². The highest BCUT2D eigenvalue weighted by Gasteiger charge is 2.17. The number of sulfonamides is 1. The van der Waals surface area contributed by atoms with E-state index < -0.39 is 10.0 Å². The van der Waals surface area contributed by atoms with Gasteiger partial charge in [-0.15, -0.1) is 0 Å². The maximum Gasteiger partial charge on any atom is 0.213 e.